The fourth-order valence-corrected chi connectivity index (χ4v) is 2.69. The van der Waals surface area contributed by atoms with E-state index in [1.165, 1.54) is 11.7 Å². The van der Waals surface area contributed by atoms with Gasteiger partial charge < -0.3 is 15.8 Å². The van der Waals surface area contributed by atoms with E-state index in [4.69, 9.17) is 10.5 Å². The van der Waals surface area contributed by atoms with Gasteiger partial charge >= 0.3 is 5.69 Å². The van der Waals surface area contributed by atoms with Crippen molar-refractivity contribution in [3.8, 4) is 0 Å². The fourth-order valence-electron chi connectivity index (χ4n) is 1.96. The van der Waals surface area contributed by atoms with Crippen LogP contribution < -0.4 is 22.3 Å². The smallest absolute Gasteiger partial charge is 0.330 e. The number of ether oxygens (including phenoxy) is 1. The zero-order valence-electron chi connectivity index (χ0n) is 11.9. The molecule has 1 unspecified atom stereocenters. The molecular formula is C13H18N4O3S. The number of hydrogen-bond acceptors (Lipinski definition) is 6. The molecule has 0 aromatic carbocycles. The van der Waals surface area contributed by atoms with Gasteiger partial charge in [-0.25, -0.2) is 4.79 Å². The summed E-state index contributed by atoms with van der Waals surface area (Å²) in [5, 5.41) is 5.02. The van der Waals surface area contributed by atoms with Crippen molar-refractivity contribution in [3.63, 3.8) is 0 Å². The summed E-state index contributed by atoms with van der Waals surface area (Å²) in [7, 11) is 1.53. The molecule has 0 aliphatic heterocycles. The van der Waals surface area contributed by atoms with Gasteiger partial charge in [0.05, 0.1) is 19.2 Å². The number of rotatable bonds is 6. The molecule has 0 saturated heterocycles. The molecule has 0 spiro atoms. The number of nitrogens with two attached hydrogens (primary N) is 1. The molecule has 8 heteroatoms. The average Bonchev–Trinajstić information content (AvgIpc) is 2.97. The lowest BCUT2D eigenvalue weighted by atomic mass is 10.2. The molecule has 2 heterocycles. The zero-order chi connectivity index (χ0) is 15.4. The number of hydrogen-bond donors (Lipinski definition) is 3. The summed E-state index contributed by atoms with van der Waals surface area (Å²) in [6.45, 7) is 2.53. The normalized spacial score (nSPS) is 12.3. The van der Waals surface area contributed by atoms with Crippen LogP contribution in [0.15, 0.2) is 27.1 Å². The number of methoxy groups -OCH3 is 1. The minimum absolute atomic E-state index is 0.0817. The minimum Gasteiger partial charge on any atom is -0.383 e. The topological polar surface area (TPSA) is 102 Å². The van der Waals surface area contributed by atoms with Crippen LogP contribution in [0.4, 0.5) is 11.5 Å². The lowest BCUT2D eigenvalue weighted by Crippen LogP contribution is -2.35. The van der Waals surface area contributed by atoms with Gasteiger partial charge in [-0.3, -0.25) is 14.3 Å². The minimum atomic E-state index is -0.538. The highest BCUT2D eigenvalue weighted by atomic mass is 32.1. The van der Waals surface area contributed by atoms with Crippen LogP contribution in [0.1, 0.15) is 17.8 Å². The van der Waals surface area contributed by atoms with Crippen LogP contribution in [0.5, 0.6) is 0 Å². The first-order chi connectivity index (χ1) is 10.0. The fraction of sp³-hybridized carbons (Fsp3) is 0.385. The monoisotopic (exact) mass is 310 g/mol. The lowest BCUT2D eigenvalue weighted by Gasteiger charge is -2.17. The highest BCUT2D eigenvalue weighted by Crippen LogP contribution is 2.23. The molecule has 0 radical (unpaired) electrons. The Kier molecular flexibility index (Phi) is 4.81. The van der Waals surface area contributed by atoms with E-state index in [2.05, 4.69) is 10.3 Å². The van der Waals surface area contributed by atoms with E-state index in [0.29, 0.717) is 6.61 Å². The van der Waals surface area contributed by atoms with Gasteiger partial charge in [0, 0.05) is 12.0 Å². The van der Waals surface area contributed by atoms with E-state index >= 15 is 0 Å². The van der Waals surface area contributed by atoms with Crippen molar-refractivity contribution in [2.75, 3.05) is 24.8 Å². The summed E-state index contributed by atoms with van der Waals surface area (Å²) in [4.78, 5) is 27.1. The van der Waals surface area contributed by atoms with E-state index in [-0.39, 0.29) is 24.1 Å². The molecular weight excluding hydrogens is 292 g/mol. The van der Waals surface area contributed by atoms with Gasteiger partial charge in [0.2, 0.25) is 0 Å². The van der Waals surface area contributed by atoms with Crippen LogP contribution in [0.25, 0.3) is 0 Å². The van der Waals surface area contributed by atoms with Crippen molar-refractivity contribution in [1.82, 2.24) is 9.55 Å². The Morgan fingerprint density at radius 2 is 2.29 bits per heavy atom. The van der Waals surface area contributed by atoms with Crippen molar-refractivity contribution in [2.24, 2.45) is 0 Å². The van der Waals surface area contributed by atoms with E-state index in [1.54, 1.807) is 11.3 Å². The predicted octanol–water partition coefficient (Wildman–Crippen LogP) is 1.000. The van der Waals surface area contributed by atoms with Gasteiger partial charge in [0.25, 0.3) is 5.56 Å². The molecule has 7 nitrogen and oxygen atoms in total. The van der Waals surface area contributed by atoms with Crippen LogP contribution in [-0.4, -0.2) is 23.3 Å². The van der Waals surface area contributed by atoms with Crippen molar-refractivity contribution in [1.29, 1.82) is 0 Å². The van der Waals surface area contributed by atoms with E-state index < -0.39 is 11.2 Å². The molecule has 114 valence electrons. The second-order valence-corrected chi connectivity index (χ2v) is 5.52. The molecule has 0 aliphatic rings. The molecule has 0 fully saturated rings. The van der Waals surface area contributed by atoms with Crippen molar-refractivity contribution < 1.29 is 4.74 Å². The van der Waals surface area contributed by atoms with Crippen LogP contribution in [0, 0.1) is 0 Å². The molecule has 2 rings (SSSR count). The van der Waals surface area contributed by atoms with E-state index in [1.807, 2.05) is 24.4 Å². The molecule has 0 amide bonds. The number of nitrogens with zero attached hydrogens (tertiary/aromatic N) is 1. The Morgan fingerprint density at radius 1 is 1.52 bits per heavy atom. The SMILES string of the molecule is COCCn1c(N)c(NC(C)c2cccs2)c(=O)[nH]c1=O. The molecule has 0 aliphatic carbocycles. The molecule has 4 N–H and O–H groups in total. The third kappa shape index (κ3) is 3.34. The average molecular weight is 310 g/mol. The van der Waals surface area contributed by atoms with Crippen molar-refractivity contribution in [2.45, 2.75) is 19.5 Å². The Labute approximate surface area is 125 Å². The third-order valence-electron chi connectivity index (χ3n) is 3.09. The first-order valence-electron chi connectivity index (χ1n) is 6.46. The molecule has 0 bridgehead atoms. The number of aromatic amines is 1. The Bertz CT molecular complexity index is 705. The van der Waals surface area contributed by atoms with Crippen LogP contribution in [0.3, 0.4) is 0 Å². The summed E-state index contributed by atoms with van der Waals surface area (Å²) in [6, 6.07) is 3.82. The van der Waals surface area contributed by atoms with E-state index in [0.717, 1.165) is 4.88 Å². The Hall–Kier alpha value is -2.06. The molecule has 2 aromatic heterocycles. The van der Waals surface area contributed by atoms with Gasteiger partial charge in [-0.1, -0.05) is 6.07 Å². The highest BCUT2D eigenvalue weighted by molar-refractivity contribution is 7.10. The van der Waals surface area contributed by atoms with Gasteiger partial charge in [0.15, 0.2) is 0 Å². The largest absolute Gasteiger partial charge is 0.383 e. The number of thiophene rings is 1. The van der Waals surface area contributed by atoms with Crippen molar-refractivity contribution >= 4 is 22.8 Å². The van der Waals surface area contributed by atoms with Crippen LogP contribution in [-0.2, 0) is 11.3 Å². The zero-order valence-corrected chi connectivity index (χ0v) is 12.7. The second kappa shape index (κ2) is 6.59. The summed E-state index contributed by atoms with van der Waals surface area (Å²) in [5.74, 6) is 0.115. The summed E-state index contributed by atoms with van der Waals surface area (Å²) < 4.78 is 6.23. The number of anilines is 2. The Morgan fingerprint density at radius 3 is 2.90 bits per heavy atom. The summed E-state index contributed by atoms with van der Waals surface area (Å²) in [6.07, 6.45) is 0. The van der Waals surface area contributed by atoms with Crippen LogP contribution >= 0.6 is 11.3 Å². The summed E-state index contributed by atoms with van der Waals surface area (Å²) in [5.41, 5.74) is 5.10. The molecule has 1 atom stereocenters. The molecule has 21 heavy (non-hydrogen) atoms. The Balaban J connectivity index is 2.34. The third-order valence-corrected chi connectivity index (χ3v) is 4.14. The number of H-pyrrole nitrogens is 1. The maximum Gasteiger partial charge on any atom is 0.330 e. The lowest BCUT2D eigenvalue weighted by molar-refractivity contribution is 0.186. The van der Waals surface area contributed by atoms with Gasteiger partial charge in [-0.2, -0.15) is 0 Å². The molecule has 0 saturated carbocycles. The number of nitrogens with one attached hydrogen (secondary N) is 2. The first-order valence-corrected chi connectivity index (χ1v) is 7.34. The molecule has 2 aromatic rings. The van der Waals surface area contributed by atoms with Gasteiger partial charge in [-0.15, -0.1) is 11.3 Å². The van der Waals surface area contributed by atoms with Gasteiger partial charge in [-0.05, 0) is 18.4 Å². The predicted molar refractivity (Wildman–Crippen MR) is 84.0 cm³/mol. The number of aromatic nitrogens is 2. The van der Waals surface area contributed by atoms with Gasteiger partial charge in [0.1, 0.15) is 11.5 Å². The quantitative estimate of drug-likeness (QED) is 0.739. The summed E-state index contributed by atoms with van der Waals surface area (Å²) >= 11 is 1.58. The first kappa shape index (κ1) is 15.3. The van der Waals surface area contributed by atoms with E-state index in [9.17, 15) is 9.59 Å². The maximum absolute atomic E-state index is 12.0. The van der Waals surface area contributed by atoms with Crippen molar-refractivity contribution in [3.05, 3.63) is 43.2 Å². The second-order valence-electron chi connectivity index (χ2n) is 4.55. The van der Waals surface area contributed by atoms with Crippen LogP contribution in [0.2, 0.25) is 0 Å². The highest BCUT2D eigenvalue weighted by Gasteiger charge is 2.15. The standard InChI is InChI=1S/C13H18N4O3S/c1-8(9-4-3-7-21-9)15-10-11(14)17(5-6-20-2)13(19)16-12(10)18/h3-4,7-8,15H,5-6,14H2,1-2H3,(H,16,18,19). The number of nitrogen functional groups attached to an aromatic ring is 1. The maximum atomic E-state index is 12.0.